The molecule has 0 radical (unpaired) electrons. The van der Waals surface area contributed by atoms with Gasteiger partial charge in [0.1, 0.15) is 0 Å². The van der Waals surface area contributed by atoms with Crippen molar-refractivity contribution in [1.29, 1.82) is 0 Å². The second kappa shape index (κ2) is 7.74. The molecule has 0 spiro atoms. The van der Waals surface area contributed by atoms with E-state index in [1.807, 2.05) is 0 Å². The Balaban J connectivity index is 2.43. The normalized spacial score (nSPS) is 11.1. The Morgan fingerprint density at radius 3 is 2.79 bits per heavy atom. The number of aliphatic carboxylic acids is 1. The van der Waals surface area contributed by atoms with Crippen LogP contribution in [0.25, 0.3) is 6.08 Å². The minimum Gasteiger partial charge on any atom is -0.478 e. The van der Waals surface area contributed by atoms with E-state index in [1.54, 1.807) is 12.1 Å². The van der Waals surface area contributed by atoms with E-state index >= 15 is 0 Å². The van der Waals surface area contributed by atoms with Crippen LogP contribution in [0.4, 0.5) is 0 Å². The fourth-order valence-corrected chi connectivity index (χ4v) is 2.34. The fourth-order valence-electron chi connectivity index (χ4n) is 1.52. The van der Waals surface area contributed by atoms with E-state index in [0.29, 0.717) is 17.3 Å². The van der Waals surface area contributed by atoms with Crippen LogP contribution < -0.4 is 5.32 Å². The largest absolute Gasteiger partial charge is 0.478 e. The Kier molecular flexibility index (Phi) is 6.29. The summed E-state index contributed by atoms with van der Waals surface area (Å²) >= 11 is 1.29. The van der Waals surface area contributed by atoms with Crippen LogP contribution in [0.3, 0.4) is 0 Å². The van der Waals surface area contributed by atoms with E-state index in [0.717, 1.165) is 23.8 Å². The molecule has 0 aliphatic heterocycles. The summed E-state index contributed by atoms with van der Waals surface area (Å²) in [5.74, 6) is -0.441. The summed E-state index contributed by atoms with van der Waals surface area (Å²) in [5, 5.41) is 11.4. The van der Waals surface area contributed by atoms with Gasteiger partial charge in [0, 0.05) is 17.5 Å². The minimum absolute atomic E-state index is 0.0938. The first-order chi connectivity index (χ1) is 8.99. The van der Waals surface area contributed by atoms with Gasteiger partial charge in [-0.2, -0.15) is 0 Å². The summed E-state index contributed by atoms with van der Waals surface area (Å²) < 4.78 is 0. The highest BCUT2D eigenvalue weighted by Gasteiger charge is 2.07. The van der Waals surface area contributed by atoms with Gasteiger partial charge in [-0.3, -0.25) is 4.79 Å². The zero-order valence-corrected chi connectivity index (χ0v) is 12.0. The molecule has 1 rings (SSSR count). The molecule has 0 aromatic carbocycles. The first kappa shape index (κ1) is 15.4. The van der Waals surface area contributed by atoms with Crippen molar-refractivity contribution in [3.05, 3.63) is 28.0 Å². The van der Waals surface area contributed by atoms with Crippen molar-refractivity contribution >= 4 is 29.3 Å². The average molecular weight is 281 g/mol. The highest BCUT2D eigenvalue weighted by molar-refractivity contribution is 7.14. The van der Waals surface area contributed by atoms with E-state index in [9.17, 15) is 9.59 Å². The molecule has 4 nitrogen and oxygen atoms in total. The standard InChI is InChI=1S/C14H19NO3S/c1-10(2)4-3-9-15-14(18)12-7-5-11(19-12)6-8-13(16)17/h5-8,10H,3-4,9H2,1-2H3,(H,15,18)(H,16,17). The molecule has 0 aliphatic rings. The molecule has 5 heteroatoms. The van der Waals surface area contributed by atoms with Gasteiger partial charge in [0.25, 0.3) is 5.91 Å². The molecule has 0 unspecified atom stereocenters. The van der Waals surface area contributed by atoms with Crippen molar-refractivity contribution in [2.75, 3.05) is 6.54 Å². The molecular formula is C14H19NO3S. The third-order valence-corrected chi connectivity index (χ3v) is 3.53. The molecule has 0 atom stereocenters. The lowest BCUT2D eigenvalue weighted by Gasteiger charge is -2.05. The summed E-state index contributed by atoms with van der Waals surface area (Å²) in [6.45, 7) is 4.99. The zero-order valence-electron chi connectivity index (χ0n) is 11.2. The Morgan fingerprint density at radius 1 is 1.42 bits per heavy atom. The number of hydrogen-bond acceptors (Lipinski definition) is 3. The Morgan fingerprint density at radius 2 is 2.16 bits per heavy atom. The molecule has 1 amide bonds. The number of rotatable bonds is 7. The Bertz CT molecular complexity index is 463. The molecule has 1 heterocycles. The number of thiophene rings is 1. The molecule has 2 N–H and O–H groups in total. The van der Waals surface area contributed by atoms with E-state index in [-0.39, 0.29) is 5.91 Å². The highest BCUT2D eigenvalue weighted by atomic mass is 32.1. The molecule has 0 aliphatic carbocycles. The zero-order chi connectivity index (χ0) is 14.3. The molecule has 1 aromatic heterocycles. The predicted molar refractivity (Wildman–Crippen MR) is 77.4 cm³/mol. The van der Waals surface area contributed by atoms with Gasteiger partial charge >= 0.3 is 5.97 Å². The van der Waals surface area contributed by atoms with Crippen LogP contribution in [0.2, 0.25) is 0 Å². The summed E-state index contributed by atoms with van der Waals surface area (Å²) in [6, 6.07) is 3.46. The topological polar surface area (TPSA) is 66.4 Å². The van der Waals surface area contributed by atoms with Crippen molar-refractivity contribution in [1.82, 2.24) is 5.32 Å². The molecule has 0 saturated heterocycles. The smallest absolute Gasteiger partial charge is 0.328 e. The molecule has 19 heavy (non-hydrogen) atoms. The molecular weight excluding hydrogens is 262 g/mol. The molecule has 104 valence electrons. The summed E-state index contributed by atoms with van der Waals surface area (Å²) in [7, 11) is 0. The first-order valence-corrected chi connectivity index (χ1v) is 7.09. The van der Waals surface area contributed by atoms with Gasteiger partial charge in [-0.05, 0) is 37.0 Å². The second-order valence-corrected chi connectivity index (χ2v) is 5.78. The third-order valence-electron chi connectivity index (χ3n) is 2.48. The number of carbonyl (C=O) groups is 2. The van der Waals surface area contributed by atoms with Gasteiger partial charge in [0.2, 0.25) is 0 Å². The van der Waals surface area contributed by atoms with Gasteiger partial charge in [-0.15, -0.1) is 11.3 Å². The van der Waals surface area contributed by atoms with Crippen LogP contribution >= 0.6 is 11.3 Å². The van der Waals surface area contributed by atoms with Gasteiger partial charge in [-0.25, -0.2) is 4.79 Å². The Labute approximate surface area is 117 Å². The van der Waals surface area contributed by atoms with Crippen LogP contribution in [0.15, 0.2) is 18.2 Å². The lowest BCUT2D eigenvalue weighted by molar-refractivity contribution is -0.131. The monoisotopic (exact) mass is 281 g/mol. The van der Waals surface area contributed by atoms with E-state index in [2.05, 4.69) is 19.2 Å². The quantitative estimate of drug-likeness (QED) is 0.596. The maximum absolute atomic E-state index is 11.8. The number of amides is 1. The summed E-state index contributed by atoms with van der Waals surface area (Å²) in [4.78, 5) is 23.5. The van der Waals surface area contributed by atoms with Gasteiger partial charge in [0.15, 0.2) is 0 Å². The molecule has 0 fully saturated rings. The van der Waals surface area contributed by atoms with E-state index in [1.165, 1.54) is 17.4 Å². The van der Waals surface area contributed by atoms with Crippen molar-refractivity contribution < 1.29 is 14.7 Å². The van der Waals surface area contributed by atoms with E-state index < -0.39 is 5.97 Å². The summed E-state index contributed by atoms with van der Waals surface area (Å²) in [6.07, 6.45) is 4.62. The van der Waals surface area contributed by atoms with Crippen molar-refractivity contribution in [2.24, 2.45) is 5.92 Å². The van der Waals surface area contributed by atoms with Gasteiger partial charge in [0.05, 0.1) is 4.88 Å². The molecule has 0 bridgehead atoms. The first-order valence-electron chi connectivity index (χ1n) is 6.28. The second-order valence-electron chi connectivity index (χ2n) is 4.67. The van der Waals surface area contributed by atoms with Crippen LogP contribution in [0.1, 0.15) is 41.2 Å². The van der Waals surface area contributed by atoms with Gasteiger partial charge < -0.3 is 10.4 Å². The maximum Gasteiger partial charge on any atom is 0.328 e. The van der Waals surface area contributed by atoms with Crippen molar-refractivity contribution in [3.8, 4) is 0 Å². The lowest BCUT2D eigenvalue weighted by Crippen LogP contribution is -2.23. The predicted octanol–water partition coefficient (Wildman–Crippen LogP) is 3.01. The van der Waals surface area contributed by atoms with Crippen molar-refractivity contribution in [2.45, 2.75) is 26.7 Å². The number of carboxylic acids is 1. The molecule has 1 aromatic rings. The van der Waals surface area contributed by atoms with Crippen LogP contribution in [0.5, 0.6) is 0 Å². The lowest BCUT2D eigenvalue weighted by atomic mass is 10.1. The van der Waals surface area contributed by atoms with Crippen LogP contribution in [0, 0.1) is 5.92 Å². The van der Waals surface area contributed by atoms with Crippen LogP contribution in [-0.2, 0) is 4.79 Å². The Hall–Kier alpha value is -1.62. The minimum atomic E-state index is -0.993. The molecule has 0 saturated carbocycles. The maximum atomic E-state index is 11.8. The number of carboxylic acid groups (broad SMARTS) is 1. The van der Waals surface area contributed by atoms with Crippen molar-refractivity contribution in [3.63, 3.8) is 0 Å². The SMILES string of the molecule is CC(C)CCCNC(=O)c1ccc(C=CC(=O)O)s1. The summed E-state index contributed by atoms with van der Waals surface area (Å²) in [5.41, 5.74) is 0. The third kappa shape index (κ3) is 6.20. The van der Waals surface area contributed by atoms with Crippen LogP contribution in [-0.4, -0.2) is 23.5 Å². The van der Waals surface area contributed by atoms with E-state index in [4.69, 9.17) is 5.11 Å². The number of hydrogen-bond donors (Lipinski definition) is 2. The number of nitrogens with one attached hydrogen (secondary N) is 1. The number of carbonyl (C=O) groups excluding carboxylic acids is 1. The fraction of sp³-hybridized carbons (Fsp3) is 0.429. The average Bonchev–Trinajstić information content (AvgIpc) is 2.80. The highest BCUT2D eigenvalue weighted by Crippen LogP contribution is 2.17. The van der Waals surface area contributed by atoms with Gasteiger partial charge in [-0.1, -0.05) is 13.8 Å².